The summed E-state index contributed by atoms with van der Waals surface area (Å²) in [7, 11) is 1.45. The number of carbonyl (C=O) groups is 2. The second-order valence-electron chi connectivity index (χ2n) is 7.60. The molecule has 0 fully saturated rings. The molecule has 0 radical (unpaired) electrons. The van der Waals surface area contributed by atoms with Crippen LogP contribution in [0.3, 0.4) is 0 Å². The van der Waals surface area contributed by atoms with Gasteiger partial charge in [0.1, 0.15) is 12.3 Å². The molecule has 172 valence electrons. The topological polar surface area (TPSA) is 85.3 Å². The minimum Gasteiger partial charge on any atom is -0.375 e. The van der Waals surface area contributed by atoms with Gasteiger partial charge in [-0.1, -0.05) is 60.1 Å². The third-order valence-corrected chi connectivity index (χ3v) is 5.24. The zero-order valence-electron chi connectivity index (χ0n) is 18.5. The predicted octanol–water partition coefficient (Wildman–Crippen LogP) is 5.09. The van der Waals surface area contributed by atoms with Crippen LogP contribution in [0.15, 0.2) is 85.1 Å². The highest BCUT2D eigenvalue weighted by atomic mass is 35.5. The summed E-state index contributed by atoms with van der Waals surface area (Å²) in [5.41, 5.74) is 3.92. The van der Waals surface area contributed by atoms with Gasteiger partial charge in [-0.3, -0.25) is 14.3 Å². The van der Waals surface area contributed by atoms with Gasteiger partial charge in [0.15, 0.2) is 0 Å². The lowest BCUT2D eigenvalue weighted by molar-refractivity contribution is -0.119. The van der Waals surface area contributed by atoms with Crippen LogP contribution in [0.5, 0.6) is 0 Å². The first kappa shape index (κ1) is 23.2. The van der Waals surface area contributed by atoms with E-state index in [0.717, 1.165) is 11.1 Å². The van der Waals surface area contributed by atoms with Crippen LogP contribution in [0.25, 0.3) is 11.3 Å². The van der Waals surface area contributed by atoms with Gasteiger partial charge in [0.2, 0.25) is 5.91 Å². The van der Waals surface area contributed by atoms with Gasteiger partial charge in [-0.25, -0.2) is 0 Å². The maximum atomic E-state index is 13.3. The van der Waals surface area contributed by atoms with E-state index in [1.165, 1.54) is 7.11 Å². The van der Waals surface area contributed by atoms with Crippen LogP contribution in [-0.2, 0) is 16.1 Å². The molecule has 0 bridgehead atoms. The minimum atomic E-state index is -0.315. The number of ether oxygens (including phenoxy) is 1. The number of rotatable bonds is 8. The Kier molecular flexibility index (Phi) is 7.37. The number of nitrogens with zero attached hydrogens (tertiary/aromatic N) is 2. The fraction of sp³-hybridized carbons (Fsp3) is 0.115. The van der Waals surface area contributed by atoms with E-state index >= 15 is 0 Å². The number of anilines is 2. The predicted molar refractivity (Wildman–Crippen MR) is 133 cm³/mol. The average Bonchev–Trinajstić information content (AvgIpc) is 3.24. The van der Waals surface area contributed by atoms with Crippen molar-refractivity contribution < 1.29 is 14.3 Å². The van der Waals surface area contributed by atoms with Crippen LogP contribution >= 0.6 is 11.6 Å². The minimum absolute atomic E-state index is 0.0539. The summed E-state index contributed by atoms with van der Waals surface area (Å²) in [4.78, 5) is 25.1. The molecule has 0 spiro atoms. The molecule has 0 aliphatic rings. The Morgan fingerprint density at radius 3 is 2.35 bits per heavy atom. The Hall–Kier alpha value is -3.94. The number of hydrogen-bond donors (Lipinski definition) is 2. The van der Waals surface area contributed by atoms with Gasteiger partial charge in [-0.15, -0.1) is 0 Å². The standard InChI is InChI=1S/C26H23ClN4O3/c1-34-17-24(32)28-21-8-5-9-22(14-21)29-26(33)23-16-31(15-18-6-3-2-4-7-18)30-25(23)19-10-12-20(27)13-11-19/h2-14,16H,15,17H2,1H3,(H,28,32)(H,29,33). The van der Waals surface area contributed by atoms with Gasteiger partial charge in [0.05, 0.1) is 12.1 Å². The molecule has 0 atom stereocenters. The number of methoxy groups -OCH3 is 1. The number of carbonyl (C=O) groups excluding carboxylic acids is 2. The average molecular weight is 475 g/mol. The second kappa shape index (κ2) is 10.8. The van der Waals surface area contributed by atoms with E-state index in [9.17, 15) is 9.59 Å². The molecule has 0 aliphatic heterocycles. The smallest absolute Gasteiger partial charge is 0.259 e. The van der Waals surface area contributed by atoms with E-state index in [4.69, 9.17) is 16.3 Å². The largest absolute Gasteiger partial charge is 0.375 e. The molecular formula is C26H23ClN4O3. The lowest BCUT2D eigenvalue weighted by Gasteiger charge is -2.09. The number of hydrogen-bond acceptors (Lipinski definition) is 4. The molecule has 0 saturated heterocycles. The Morgan fingerprint density at radius 2 is 1.65 bits per heavy atom. The van der Waals surface area contributed by atoms with Crippen molar-refractivity contribution in [2.75, 3.05) is 24.4 Å². The van der Waals surface area contributed by atoms with E-state index in [2.05, 4.69) is 15.7 Å². The fourth-order valence-corrected chi connectivity index (χ4v) is 3.59. The summed E-state index contributed by atoms with van der Waals surface area (Å²) >= 11 is 6.05. The first-order chi connectivity index (χ1) is 16.5. The van der Waals surface area contributed by atoms with Crippen molar-refractivity contribution in [3.63, 3.8) is 0 Å². The zero-order chi connectivity index (χ0) is 23.9. The lowest BCUT2D eigenvalue weighted by Crippen LogP contribution is -2.17. The monoisotopic (exact) mass is 474 g/mol. The van der Waals surface area contributed by atoms with Crippen molar-refractivity contribution >= 4 is 34.8 Å². The van der Waals surface area contributed by atoms with Gasteiger partial charge in [0.25, 0.3) is 5.91 Å². The lowest BCUT2D eigenvalue weighted by atomic mass is 10.1. The van der Waals surface area contributed by atoms with E-state index < -0.39 is 0 Å². The highest BCUT2D eigenvalue weighted by Gasteiger charge is 2.19. The first-order valence-electron chi connectivity index (χ1n) is 10.6. The number of amides is 2. The molecule has 34 heavy (non-hydrogen) atoms. The Balaban J connectivity index is 1.61. The quantitative estimate of drug-likeness (QED) is 0.372. The van der Waals surface area contributed by atoms with Gasteiger partial charge in [0, 0.05) is 35.3 Å². The van der Waals surface area contributed by atoms with Gasteiger partial charge >= 0.3 is 0 Å². The van der Waals surface area contributed by atoms with Crippen LogP contribution in [-0.4, -0.2) is 35.3 Å². The van der Waals surface area contributed by atoms with E-state index in [1.807, 2.05) is 42.5 Å². The van der Waals surface area contributed by atoms with E-state index in [0.29, 0.717) is 34.2 Å². The summed E-state index contributed by atoms with van der Waals surface area (Å²) in [5, 5.41) is 10.9. The Bertz CT molecular complexity index is 1290. The summed E-state index contributed by atoms with van der Waals surface area (Å²) < 4.78 is 6.58. The van der Waals surface area contributed by atoms with Crippen LogP contribution in [0, 0.1) is 0 Å². The third-order valence-electron chi connectivity index (χ3n) is 4.99. The van der Waals surface area contributed by atoms with Crippen molar-refractivity contribution in [2.24, 2.45) is 0 Å². The molecule has 1 aromatic heterocycles. The van der Waals surface area contributed by atoms with Gasteiger partial charge in [-0.2, -0.15) is 5.10 Å². The first-order valence-corrected chi connectivity index (χ1v) is 11.0. The van der Waals surface area contributed by atoms with Crippen LogP contribution in [0.2, 0.25) is 5.02 Å². The molecule has 4 aromatic rings. The summed E-state index contributed by atoms with van der Waals surface area (Å²) in [6.45, 7) is 0.470. The molecule has 8 heteroatoms. The highest BCUT2D eigenvalue weighted by molar-refractivity contribution is 6.30. The van der Waals surface area contributed by atoms with Crippen molar-refractivity contribution in [1.29, 1.82) is 0 Å². The SMILES string of the molecule is COCC(=O)Nc1cccc(NC(=O)c2cn(Cc3ccccc3)nc2-c2ccc(Cl)cc2)c1. The van der Waals surface area contributed by atoms with Crippen molar-refractivity contribution in [1.82, 2.24) is 9.78 Å². The highest BCUT2D eigenvalue weighted by Crippen LogP contribution is 2.26. The Morgan fingerprint density at radius 1 is 0.941 bits per heavy atom. The fourth-order valence-electron chi connectivity index (χ4n) is 3.46. The van der Waals surface area contributed by atoms with Crippen LogP contribution < -0.4 is 10.6 Å². The van der Waals surface area contributed by atoms with Crippen LogP contribution in [0.1, 0.15) is 15.9 Å². The second-order valence-corrected chi connectivity index (χ2v) is 8.03. The molecule has 2 N–H and O–H groups in total. The Labute approximate surface area is 202 Å². The summed E-state index contributed by atoms with van der Waals surface area (Å²) in [5.74, 6) is -0.595. The summed E-state index contributed by atoms with van der Waals surface area (Å²) in [6.07, 6.45) is 1.73. The maximum Gasteiger partial charge on any atom is 0.259 e. The van der Waals surface area contributed by atoms with Crippen molar-refractivity contribution in [3.05, 3.63) is 101 Å². The molecule has 3 aromatic carbocycles. The molecule has 0 unspecified atom stereocenters. The number of aromatic nitrogens is 2. The third kappa shape index (κ3) is 5.89. The van der Waals surface area contributed by atoms with E-state index in [-0.39, 0.29) is 18.4 Å². The molecule has 4 rings (SSSR count). The number of halogens is 1. The molecule has 2 amide bonds. The van der Waals surface area contributed by atoms with Crippen molar-refractivity contribution in [2.45, 2.75) is 6.54 Å². The maximum absolute atomic E-state index is 13.3. The number of benzene rings is 3. The van der Waals surface area contributed by atoms with Crippen molar-refractivity contribution in [3.8, 4) is 11.3 Å². The molecule has 7 nitrogen and oxygen atoms in total. The van der Waals surface area contributed by atoms with Crippen LogP contribution in [0.4, 0.5) is 11.4 Å². The van der Waals surface area contributed by atoms with Gasteiger partial charge in [-0.05, 0) is 35.9 Å². The van der Waals surface area contributed by atoms with E-state index in [1.54, 1.807) is 47.3 Å². The van der Waals surface area contributed by atoms with Gasteiger partial charge < -0.3 is 15.4 Å². The molecule has 0 saturated carbocycles. The molecule has 0 aliphatic carbocycles. The normalized spacial score (nSPS) is 10.6. The molecule has 1 heterocycles. The molecular weight excluding hydrogens is 452 g/mol. The summed E-state index contributed by atoms with van der Waals surface area (Å²) in [6, 6.07) is 24.0. The number of nitrogens with one attached hydrogen (secondary N) is 2. The zero-order valence-corrected chi connectivity index (χ0v) is 19.3.